The predicted molar refractivity (Wildman–Crippen MR) is 97.3 cm³/mol. The summed E-state index contributed by atoms with van der Waals surface area (Å²) in [7, 11) is 1.00. The zero-order valence-electron chi connectivity index (χ0n) is 16.7. The first-order chi connectivity index (χ1) is 14.5. The molecule has 1 aromatic carbocycles. The van der Waals surface area contributed by atoms with E-state index in [1.807, 2.05) is 5.32 Å². The number of benzene rings is 1. The first-order valence-corrected chi connectivity index (χ1v) is 9.14. The first kappa shape index (κ1) is 24.1. The van der Waals surface area contributed by atoms with Crippen LogP contribution < -0.4 is 5.32 Å². The van der Waals surface area contributed by atoms with Crippen LogP contribution in [0, 0.1) is 0 Å². The molecule has 0 saturated carbocycles. The van der Waals surface area contributed by atoms with Crippen LogP contribution in [0.1, 0.15) is 18.9 Å². The van der Waals surface area contributed by atoms with Crippen molar-refractivity contribution in [3.05, 3.63) is 35.9 Å². The molecule has 0 radical (unpaired) electrons. The van der Waals surface area contributed by atoms with Gasteiger partial charge in [0.25, 0.3) is 0 Å². The zero-order chi connectivity index (χ0) is 23.2. The lowest BCUT2D eigenvalue weighted by atomic mass is 10.1. The quantitative estimate of drug-likeness (QED) is 0.473. The van der Waals surface area contributed by atoms with E-state index < -0.39 is 61.3 Å². The Bertz CT molecular complexity index is 816. The van der Waals surface area contributed by atoms with Gasteiger partial charge in [0, 0.05) is 0 Å². The number of rotatable bonds is 8. The molecular formula is C19H21F3N2O7. The largest absolute Gasteiger partial charge is 0.468 e. The summed E-state index contributed by atoms with van der Waals surface area (Å²) in [6, 6.07) is 3.16. The van der Waals surface area contributed by atoms with Gasteiger partial charge in [-0.25, -0.2) is 14.5 Å². The van der Waals surface area contributed by atoms with Gasteiger partial charge in [-0.05, 0) is 12.5 Å². The van der Waals surface area contributed by atoms with E-state index in [-0.39, 0.29) is 6.61 Å². The lowest BCUT2D eigenvalue weighted by Crippen LogP contribution is -2.53. The molecule has 0 aliphatic carbocycles. The Morgan fingerprint density at radius 2 is 1.90 bits per heavy atom. The Morgan fingerprint density at radius 1 is 1.26 bits per heavy atom. The van der Waals surface area contributed by atoms with Gasteiger partial charge in [-0.1, -0.05) is 30.3 Å². The van der Waals surface area contributed by atoms with Crippen LogP contribution >= 0.6 is 0 Å². The Morgan fingerprint density at radius 3 is 2.48 bits per heavy atom. The highest BCUT2D eigenvalue weighted by atomic mass is 19.4. The first-order valence-electron chi connectivity index (χ1n) is 9.14. The number of carbonyl (C=O) groups is 4. The van der Waals surface area contributed by atoms with Crippen LogP contribution in [0.4, 0.5) is 18.0 Å². The van der Waals surface area contributed by atoms with Crippen molar-refractivity contribution in [2.24, 2.45) is 0 Å². The average molecular weight is 446 g/mol. The fraction of sp³-hybridized carbons (Fsp3) is 0.474. The normalized spacial score (nSPS) is 18.2. The van der Waals surface area contributed by atoms with E-state index in [0.29, 0.717) is 10.5 Å². The molecule has 1 aromatic rings. The molecule has 2 amide bonds. The number of esters is 2. The molecule has 9 nitrogen and oxygen atoms in total. The van der Waals surface area contributed by atoms with Gasteiger partial charge in [0.15, 0.2) is 6.04 Å². The Balaban J connectivity index is 2.07. The van der Waals surface area contributed by atoms with Crippen molar-refractivity contribution in [2.45, 2.75) is 44.3 Å². The van der Waals surface area contributed by atoms with Crippen LogP contribution in [0.5, 0.6) is 0 Å². The molecule has 12 heteroatoms. The third-order valence-corrected chi connectivity index (χ3v) is 4.42. The minimum atomic E-state index is -4.93. The molecule has 0 spiro atoms. The highest BCUT2D eigenvalue weighted by Gasteiger charge is 2.48. The van der Waals surface area contributed by atoms with Crippen molar-refractivity contribution >= 4 is 23.9 Å². The Labute approximate surface area is 175 Å². The van der Waals surface area contributed by atoms with Crippen LogP contribution in [0.25, 0.3) is 0 Å². The summed E-state index contributed by atoms with van der Waals surface area (Å²) < 4.78 is 54.2. The minimum absolute atomic E-state index is 0.157. The summed E-state index contributed by atoms with van der Waals surface area (Å²) in [5.74, 6) is -3.27. The number of hydrogen-bond acceptors (Lipinski definition) is 8. The van der Waals surface area contributed by atoms with Crippen LogP contribution in [-0.4, -0.2) is 66.9 Å². The molecule has 1 heterocycles. The fourth-order valence-corrected chi connectivity index (χ4v) is 2.78. The zero-order valence-corrected chi connectivity index (χ0v) is 16.7. The number of carbonyl (C=O) groups excluding carboxylic acids is 4. The highest BCUT2D eigenvalue weighted by molar-refractivity contribution is 5.98. The van der Waals surface area contributed by atoms with Crippen molar-refractivity contribution in [1.29, 1.82) is 0 Å². The maximum atomic E-state index is 13.4. The van der Waals surface area contributed by atoms with Crippen LogP contribution in [0.3, 0.4) is 0 Å². The molecule has 1 fully saturated rings. The summed E-state index contributed by atoms with van der Waals surface area (Å²) in [6.07, 6.45) is -7.43. The molecule has 0 bridgehead atoms. The predicted octanol–water partition coefficient (Wildman–Crippen LogP) is 1.55. The van der Waals surface area contributed by atoms with E-state index >= 15 is 0 Å². The van der Waals surface area contributed by atoms with Gasteiger partial charge in [-0.3, -0.25) is 14.9 Å². The standard InChI is InChI=1S/C19H21F3N2O7/c1-11(16(26)29-2)23-14(19(20,21)22)8-15(25)24-13(10-31-18(24)28)17(27)30-9-12-6-4-3-5-7-12/h3-7,11,13-14,23H,8-10H2,1-2H3/t11-,13+,14-/m1/s1. The van der Waals surface area contributed by atoms with E-state index in [9.17, 15) is 32.3 Å². The molecule has 1 N–H and O–H groups in total. The van der Waals surface area contributed by atoms with E-state index in [0.717, 1.165) is 14.0 Å². The van der Waals surface area contributed by atoms with E-state index in [4.69, 9.17) is 4.74 Å². The summed E-state index contributed by atoms with van der Waals surface area (Å²) in [6.45, 7) is 0.430. The molecule has 31 heavy (non-hydrogen) atoms. The van der Waals surface area contributed by atoms with Gasteiger partial charge in [0.2, 0.25) is 5.91 Å². The molecule has 1 aliphatic heterocycles. The number of hydrogen-bond donors (Lipinski definition) is 1. The third kappa shape index (κ3) is 6.41. The van der Waals surface area contributed by atoms with Crippen LogP contribution in [0.2, 0.25) is 0 Å². The second-order valence-electron chi connectivity index (χ2n) is 6.66. The molecule has 1 saturated heterocycles. The molecular weight excluding hydrogens is 425 g/mol. The van der Waals surface area contributed by atoms with Gasteiger partial charge in [0.05, 0.1) is 13.5 Å². The molecule has 0 aromatic heterocycles. The van der Waals surface area contributed by atoms with Crippen molar-refractivity contribution in [3.8, 4) is 0 Å². The monoisotopic (exact) mass is 446 g/mol. The van der Waals surface area contributed by atoms with Crippen molar-refractivity contribution in [2.75, 3.05) is 13.7 Å². The van der Waals surface area contributed by atoms with E-state index in [1.54, 1.807) is 30.3 Å². The van der Waals surface area contributed by atoms with Gasteiger partial charge in [0.1, 0.15) is 25.3 Å². The van der Waals surface area contributed by atoms with Crippen LogP contribution in [0.15, 0.2) is 30.3 Å². The van der Waals surface area contributed by atoms with Crippen molar-refractivity contribution in [3.63, 3.8) is 0 Å². The number of imide groups is 1. The highest BCUT2D eigenvalue weighted by Crippen LogP contribution is 2.25. The van der Waals surface area contributed by atoms with Crippen molar-refractivity contribution in [1.82, 2.24) is 10.2 Å². The topological polar surface area (TPSA) is 111 Å². The average Bonchev–Trinajstić information content (AvgIpc) is 3.12. The van der Waals surface area contributed by atoms with Gasteiger partial charge in [-0.15, -0.1) is 0 Å². The molecule has 170 valence electrons. The lowest BCUT2D eigenvalue weighted by Gasteiger charge is -2.26. The molecule has 0 unspecified atom stereocenters. The van der Waals surface area contributed by atoms with Crippen LogP contribution in [-0.2, 0) is 35.2 Å². The maximum absolute atomic E-state index is 13.4. The second-order valence-corrected chi connectivity index (χ2v) is 6.66. The third-order valence-electron chi connectivity index (χ3n) is 4.42. The van der Waals surface area contributed by atoms with Gasteiger partial charge >= 0.3 is 24.2 Å². The summed E-state index contributed by atoms with van der Waals surface area (Å²) >= 11 is 0. The van der Waals surface area contributed by atoms with Gasteiger partial charge < -0.3 is 14.2 Å². The maximum Gasteiger partial charge on any atom is 0.417 e. The molecule has 3 atom stereocenters. The molecule has 2 rings (SSSR count). The fourth-order valence-electron chi connectivity index (χ4n) is 2.78. The number of halogens is 3. The minimum Gasteiger partial charge on any atom is -0.468 e. The van der Waals surface area contributed by atoms with Gasteiger partial charge in [-0.2, -0.15) is 13.2 Å². The van der Waals surface area contributed by atoms with Crippen molar-refractivity contribution < 1.29 is 46.6 Å². The summed E-state index contributed by atoms with van der Waals surface area (Å²) in [4.78, 5) is 48.4. The summed E-state index contributed by atoms with van der Waals surface area (Å²) in [5, 5.41) is 1.95. The van der Waals surface area contributed by atoms with E-state index in [2.05, 4.69) is 9.47 Å². The number of methoxy groups -OCH3 is 1. The Hall–Kier alpha value is -3.15. The number of ether oxygens (including phenoxy) is 3. The van der Waals surface area contributed by atoms with E-state index in [1.165, 1.54) is 0 Å². The summed E-state index contributed by atoms with van der Waals surface area (Å²) in [5.41, 5.74) is 0.636. The second kappa shape index (κ2) is 10.2. The Kier molecular flexibility index (Phi) is 7.97. The SMILES string of the molecule is COC(=O)[C@@H](C)N[C@H](CC(=O)N1C(=O)OC[C@H]1C(=O)OCc1ccccc1)C(F)(F)F. The lowest BCUT2D eigenvalue weighted by molar-refractivity contribution is -0.169. The molecule has 1 aliphatic rings. The number of amides is 2. The number of alkyl halides is 3. The number of nitrogens with zero attached hydrogens (tertiary/aromatic N) is 1. The smallest absolute Gasteiger partial charge is 0.417 e. The number of cyclic esters (lactones) is 1. The number of nitrogens with one attached hydrogen (secondary N) is 1.